The molecular weight excluding hydrogens is 296 g/mol. The highest BCUT2D eigenvalue weighted by molar-refractivity contribution is 5.94. The van der Waals surface area contributed by atoms with Crippen molar-refractivity contribution in [3.63, 3.8) is 0 Å². The van der Waals surface area contributed by atoms with Crippen LogP contribution in [0.3, 0.4) is 0 Å². The first kappa shape index (κ1) is 17.3. The molecule has 1 aliphatic rings. The summed E-state index contributed by atoms with van der Waals surface area (Å²) in [5, 5.41) is 0. The number of methoxy groups -OCH3 is 1. The molecule has 1 atom stereocenters. The molecule has 2 heterocycles. The van der Waals surface area contributed by atoms with E-state index >= 15 is 0 Å². The third kappa shape index (κ3) is 3.85. The van der Waals surface area contributed by atoms with E-state index in [1.165, 1.54) is 12.0 Å². The van der Waals surface area contributed by atoms with Gasteiger partial charge in [-0.2, -0.15) is 0 Å². The van der Waals surface area contributed by atoms with Gasteiger partial charge in [0.1, 0.15) is 6.61 Å². The predicted octanol–water partition coefficient (Wildman–Crippen LogP) is 1.19. The molecule has 0 aliphatic carbocycles. The number of amides is 2. The van der Waals surface area contributed by atoms with Crippen molar-refractivity contribution >= 4 is 11.8 Å². The Morgan fingerprint density at radius 3 is 2.74 bits per heavy atom. The number of nitrogens with zero attached hydrogens (tertiary/aromatic N) is 4. The number of hydrogen-bond donors (Lipinski definition) is 0. The van der Waals surface area contributed by atoms with Gasteiger partial charge < -0.3 is 14.5 Å². The maximum absolute atomic E-state index is 12.2. The quantitative estimate of drug-likeness (QED) is 0.833. The first-order valence-electron chi connectivity index (χ1n) is 7.79. The van der Waals surface area contributed by atoms with Crippen molar-refractivity contribution in [3.05, 3.63) is 23.3 Å². The molecule has 1 saturated heterocycles. The lowest BCUT2D eigenvalue weighted by Crippen LogP contribution is -2.41. The summed E-state index contributed by atoms with van der Waals surface area (Å²) < 4.78 is 4.96. The maximum atomic E-state index is 12.2. The summed E-state index contributed by atoms with van der Waals surface area (Å²) in [6.45, 7) is 2.55. The Morgan fingerprint density at radius 2 is 2.13 bits per heavy atom. The Bertz CT molecular complexity index is 589. The van der Waals surface area contributed by atoms with Crippen molar-refractivity contribution in [2.24, 2.45) is 0 Å². The number of aryl methyl sites for hydroxylation is 1. The lowest BCUT2D eigenvalue weighted by Gasteiger charge is -2.34. The second kappa shape index (κ2) is 7.50. The van der Waals surface area contributed by atoms with Crippen molar-refractivity contribution in [3.8, 4) is 0 Å². The van der Waals surface area contributed by atoms with E-state index in [-0.39, 0.29) is 24.5 Å². The minimum Gasteiger partial charge on any atom is -0.375 e. The molecule has 2 amide bonds. The first-order chi connectivity index (χ1) is 11.0. The van der Waals surface area contributed by atoms with Gasteiger partial charge in [0, 0.05) is 33.9 Å². The zero-order chi connectivity index (χ0) is 17.0. The summed E-state index contributed by atoms with van der Waals surface area (Å²) in [4.78, 5) is 36.4. The van der Waals surface area contributed by atoms with Gasteiger partial charge in [-0.15, -0.1) is 0 Å². The summed E-state index contributed by atoms with van der Waals surface area (Å²) in [7, 11) is 4.91. The minimum absolute atomic E-state index is 0.0492. The molecule has 0 spiro atoms. The normalized spacial score (nSPS) is 17.9. The van der Waals surface area contributed by atoms with Crippen LogP contribution < -0.4 is 0 Å². The molecular formula is C16H24N4O3. The molecule has 0 radical (unpaired) electrons. The summed E-state index contributed by atoms with van der Waals surface area (Å²) in [5.74, 6) is 0.430. The summed E-state index contributed by atoms with van der Waals surface area (Å²) >= 11 is 0. The van der Waals surface area contributed by atoms with Gasteiger partial charge in [0.25, 0.3) is 5.91 Å². The van der Waals surface area contributed by atoms with Crippen molar-refractivity contribution in [2.45, 2.75) is 32.2 Å². The number of piperidine rings is 1. The number of carbonyl (C=O) groups is 2. The Hall–Kier alpha value is -2.02. The van der Waals surface area contributed by atoms with Crippen molar-refractivity contribution < 1.29 is 14.3 Å². The highest BCUT2D eigenvalue weighted by atomic mass is 16.5. The topological polar surface area (TPSA) is 75.6 Å². The van der Waals surface area contributed by atoms with Crippen LogP contribution in [0, 0.1) is 6.92 Å². The minimum atomic E-state index is -0.145. The Kier molecular flexibility index (Phi) is 5.65. The lowest BCUT2D eigenvalue weighted by molar-refractivity contribution is -0.139. The van der Waals surface area contributed by atoms with Crippen molar-refractivity contribution in [1.29, 1.82) is 0 Å². The van der Waals surface area contributed by atoms with Crippen LogP contribution in [0.2, 0.25) is 0 Å². The maximum Gasteiger partial charge on any atom is 0.256 e. The second-order valence-corrected chi connectivity index (χ2v) is 5.96. The van der Waals surface area contributed by atoms with Crippen molar-refractivity contribution in [1.82, 2.24) is 19.8 Å². The number of ether oxygens (including phenoxy) is 1. The summed E-state index contributed by atoms with van der Waals surface area (Å²) in [6, 6.07) is -0.145. The zero-order valence-corrected chi connectivity index (χ0v) is 14.2. The van der Waals surface area contributed by atoms with E-state index in [2.05, 4.69) is 9.97 Å². The van der Waals surface area contributed by atoms with Gasteiger partial charge in [-0.1, -0.05) is 0 Å². The van der Waals surface area contributed by atoms with Gasteiger partial charge in [-0.05, 0) is 26.2 Å². The van der Waals surface area contributed by atoms with Crippen LogP contribution in [0.1, 0.15) is 47.2 Å². The van der Waals surface area contributed by atoms with E-state index in [1.807, 2.05) is 0 Å². The highest BCUT2D eigenvalue weighted by Crippen LogP contribution is 2.29. The van der Waals surface area contributed by atoms with E-state index in [4.69, 9.17) is 4.74 Å². The largest absolute Gasteiger partial charge is 0.375 e. The fourth-order valence-corrected chi connectivity index (χ4v) is 2.80. The molecule has 1 aromatic heterocycles. The van der Waals surface area contributed by atoms with Gasteiger partial charge in [0.2, 0.25) is 5.91 Å². The van der Waals surface area contributed by atoms with Crippen LogP contribution >= 0.6 is 0 Å². The third-order valence-electron chi connectivity index (χ3n) is 4.02. The number of carbonyl (C=O) groups excluding carboxylic acids is 2. The molecule has 1 fully saturated rings. The van der Waals surface area contributed by atoms with E-state index in [0.29, 0.717) is 23.6 Å². The molecule has 126 valence electrons. The van der Waals surface area contributed by atoms with Gasteiger partial charge in [0.05, 0.1) is 17.3 Å². The predicted molar refractivity (Wildman–Crippen MR) is 85.0 cm³/mol. The van der Waals surface area contributed by atoms with E-state index in [9.17, 15) is 9.59 Å². The van der Waals surface area contributed by atoms with Crippen LogP contribution in [0.5, 0.6) is 0 Å². The van der Waals surface area contributed by atoms with Gasteiger partial charge in [-0.25, -0.2) is 9.97 Å². The van der Waals surface area contributed by atoms with Gasteiger partial charge in [0.15, 0.2) is 5.82 Å². The second-order valence-electron chi connectivity index (χ2n) is 5.96. The first-order valence-corrected chi connectivity index (χ1v) is 7.79. The third-order valence-corrected chi connectivity index (χ3v) is 4.02. The molecule has 7 nitrogen and oxygen atoms in total. The fourth-order valence-electron chi connectivity index (χ4n) is 2.80. The van der Waals surface area contributed by atoms with Gasteiger partial charge in [-0.3, -0.25) is 9.59 Å². The standard InChI is InChI=1S/C16H24N4O3/c1-11-12(16(22)19(2)3)9-17-15(18-11)13-7-5-6-8-20(13)14(21)10-23-4/h9,13H,5-8,10H2,1-4H3. The number of hydrogen-bond acceptors (Lipinski definition) is 5. The SMILES string of the molecule is COCC(=O)N1CCCCC1c1ncc(C(=O)N(C)C)c(C)n1. The van der Waals surface area contributed by atoms with Crippen molar-refractivity contribution in [2.75, 3.05) is 34.4 Å². The van der Waals surface area contributed by atoms with Crippen LogP contribution in [0.15, 0.2) is 6.20 Å². The number of aromatic nitrogens is 2. The van der Waals surface area contributed by atoms with Crippen LogP contribution in [0.25, 0.3) is 0 Å². The number of rotatable bonds is 4. The monoisotopic (exact) mass is 320 g/mol. The molecule has 2 rings (SSSR count). The Morgan fingerprint density at radius 1 is 1.39 bits per heavy atom. The molecule has 7 heteroatoms. The van der Waals surface area contributed by atoms with E-state index in [1.54, 1.807) is 32.1 Å². The van der Waals surface area contributed by atoms with E-state index in [0.717, 1.165) is 19.3 Å². The average molecular weight is 320 g/mol. The molecule has 0 N–H and O–H groups in total. The summed E-state index contributed by atoms with van der Waals surface area (Å²) in [5.41, 5.74) is 1.13. The highest BCUT2D eigenvalue weighted by Gasteiger charge is 2.30. The average Bonchev–Trinajstić information content (AvgIpc) is 2.54. The number of likely N-dealkylation sites (tertiary alicyclic amines) is 1. The Balaban J connectivity index is 2.27. The lowest BCUT2D eigenvalue weighted by atomic mass is 10.0. The molecule has 1 aromatic rings. The molecule has 1 aliphatic heterocycles. The molecule has 0 saturated carbocycles. The molecule has 0 aromatic carbocycles. The fraction of sp³-hybridized carbons (Fsp3) is 0.625. The smallest absolute Gasteiger partial charge is 0.256 e. The summed E-state index contributed by atoms with van der Waals surface area (Å²) in [6.07, 6.45) is 4.40. The zero-order valence-electron chi connectivity index (χ0n) is 14.2. The molecule has 1 unspecified atom stereocenters. The van der Waals surface area contributed by atoms with Crippen LogP contribution in [-0.2, 0) is 9.53 Å². The van der Waals surface area contributed by atoms with Crippen LogP contribution in [0.4, 0.5) is 0 Å². The van der Waals surface area contributed by atoms with Gasteiger partial charge >= 0.3 is 0 Å². The molecule has 0 bridgehead atoms. The Labute approximate surface area is 136 Å². The van der Waals surface area contributed by atoms with Crippen LogP contribution in [-0.4, -0.2) is 65.9 Å². The molecule has 23 heavy (non-hydrogen) atoms. The van der Waals surface area contributed by atoms with E-state index < -0.39 is 0 Å².